The molecule has 8 nitrogen and oxygen atoms in total. The van der Waals surface area contributed by atoms with Crippen molar-refractivity contribution in [2.75, 3.05) is 32.7 Å². The Hall–Kier alpha value is -2.48. The quantitative estimate of drug-likeness (QED) is 0.629. The molecule has 13 heteroatoms. The van der Waals surface area contributed by atoms with Crippen molar-refractivity contribution in [3.8, 4) is 0 Å². The van der Waals surface area contributed by atoms with E-state index in [1.807, 2.05) is 0 Å². The number of benzene rings is 2. The zero-order valence-electron chi connectivity index (χ0n) is 16.7. The van der Waals surface area contributed by atoms with Crippen LogP contribution in [0.1, 0.15) is 6.42 Å². The Morgan fingerprint density at radius 1 is 0.844 bits per heavy atom. The molecule has 2 aromatic rings. The van der Waals surface area contributed by atoms with Gasteiger partial charge in [0.25, 0.3) is 0 Å². The molecule has 0 aromatic heterocycles. The normalized spacial score (nSPS) is 15.7. The van der Waals surface area contributed by atoms with E-state index in [9.17, 15) is 34.8 Å². The molecule has 1 fully saturated rings. The van der Waals surface area contributed by atoms with Crippen LogP contribution in [0.4, 0.5) is 13.2 Å². The average Bonchev–Trinajstić information content (AvgIpc) is 2.75. The van der Waals surface area contributed by atoms with Crippen LogP contribution in [-0.4, -0.2) is 64.7 Å². The Labute approximate surface area is 183 Å². The summed E-state index contributed by atoms with van der Waals surface area (Å²) in [6.07, 6.45) is -0.201. The molecule has 1 aliphatic rings. The maximum atomic E-state index is 13.3. The summed E-state index contributed by atoms with van der Waals surface area (Å²) in [5.74, 6) is -3.44. The van der Waals surface area contributed by atoms with Gasteiger partial charge in [-0.15, -0.1) is 0 Å². The van der Waals surface area contributed by atoms with Crippen molar-refractivity contribution in [2.24, 2.45) is 0 Å². The molecule has 1 heterocycles. The van der Waals surface area contributed by atoms with Crippen LogP contribution in [0.25, 0.3) is 0 Å². The lowest BCUT2D eigenvalue weighted by atomic mass is 10.3. The number of halogens is 3. The van der Waals surface area contributed by atoms with Crippen LogP contribution in [0.15, 0.2) is 52.3 Å². The van der Waals surface area contributed by atoms with E-state index in [1.54, 1.807) is 0 Å². The van der Waals surface area contributed by atoms with Crippen LogP contribution in [0.3, 0.4) is 0 Å². The Morgan fingerprint density at radius 2 is 1.44 bits per heavy atom. The largest absolute Gasteiger partial charge is 0.340 e. The summed E-state index contributed by atoms with van der Waals surface area (Å²) in [7, 11) is -7.95. The summed E-state index contributed by atoms with van der Waals surface area (Å²) >= 11 is 0. The molecule has 0 bridgehead atoms. The third-order valence-electron chi connectivity index (χ3n) is 4.88. The number of rotatable bonds is 7. The molecule has 0 saturated carbocycles. The maximum absolute atomic E-state index is 13.3. The Morgan fingerprint density at radius 3 is 2.03 bits per heavy atom. The van der Waals surface area contributed by atoms with Crippen molar-refractivity contribution in [1.29, 1.82) is 0 Å². The van der Waals surface area contributed by atoms with Crippen molar-refractivity contribution in [1.82, 2.24) is 13.9 Å². The first-order valence-corrected chi connectivity index (χ1v) is 12.4. The Bertz CT molecular complexity index is 1200. The van der Waals surface area contributed by atoms with Crippen molar-refractivity contribution in [2.45, 2.75) is 16.2 Å². The number of carbonyl (C=O) groups is 1. The summed E-state index contributed by atoms with van der Waals surface area (Å²) < 4.78 is 92.1. The molecule has 0 radical (unpaired) electrons. The molecule has 0 atom stereocenters. The molecule has 1 aliphatic heterocycles. The number of nitrogens with zero attached hydrogens (tertiary/aromatic N) is 2. The fraction of sp³-hybridized carbons (Fsp3) is 0.316. The van der Waals surface area contributed by atoms with Gasteiger partial charge in [0, 0.05) is 39.1 Å². The number of piperazine rings is 1. The molecule has 0 spiro atoms. The number of carbonyl (C=O) groups excluding carboxylic acids is 1. The fourth-order valence-corrected chi connectivity index (χ4v) is 5.58. The molecule has 0 unspecified atom stereocenters. The monoisotopic (exact) mass is 491 g/mol. The van der Waals surface area contributed by atoms with Crippen LogP contribution >= 0.6 is 0 Å². The van der Waals surface area contributed by atoms with Gasteiger partial charge in [-0.3, -0.25) is 4.79 Å². The molecule has 1 saturated heterocycles. The van der Waals surface area contributed by atoms with Crippen LogP contribution in [0.5, 0.6) is 0 Å². The number of nitrogens with one attached hydrogen (secondary N) is 1. The van der Waals surface area contributed by atoms with E-state index in [4.69, 9.17) is 0 Å². The lowest BCUT2D eigenvalue weighted by molar-refractivity contribution is -0.132. The lowest BCUT2D eigenvalue weighted by Crippen LogP contribution is -2.50. The van der Waals surface area contributed by atoms with E-state index < -0.39 is 48.3 Å². The third kappa shape index (κ3) is 5.46. The standard InChI is InChI=1S/C19H20F3N3O5S2/c20-14-1-3-15(4-2-14)32(29,30)25-11-9-24(10-12-25)19(26)7-8-23-31(27,28)16-5-6-17(21)18(22)13-16/h1-6,13,23H,7-12H2. The van der Waals surface area contributed by atoms with Crippen LogP contribution in [0.2, 0.25) is 0 Å². The summed E-state index contributed by atoms with van der Waals surface area (Å²) in [6.45, 7) is 0.0106. The van der Waals surface area contributed by atoms with Gasteiger partial charge in [-0.1, -0.05) is 0 Å². The van der Waals surface area contributed by atoms with Gasteiger partial charge in [0.05, 0.1) is 9.79 Å². The molecule has 174 valence electrons. The Balaban J connectivity index is 1.51. The van der Waals surface area contributed by atoms with E-state index in [2.05, 4.69) is 4.72 Å². The second-order valence-electron chi connectivity index (χ2n) is 6.96. The van der Waals surface area contributed by atoms with E-state index in [1.165, 1.54) is 21.3 Å². The summed E-state index contributed by atoms with van der Waals surface area (Å²) in [6, 6.07) is 6.57. The Kier molecular flexibility index (Phi) is 7.22. The zero-order valence-corrected chi connectivity index (χ0v) is 18.3. The van der Waals surface area contributed by atoms with Gasteiger partial charge in [-0.25, -0.2) is 34.7 Å². The van der Waals surface area contributed by atoms with E-state index >= 15 is 0 Å². The first-order chi connectivity index (χ1) is 15.0. The minimum Gasteiger partial charge on any atom is -0.340 e. The van der Waals surface area contributed by atoms with Gasteiger partial charge in [-0.05, 0) is 42.5 Å². The average molecular weight is 492 g/mol. The first-order valence-electron chi connectivity index (χ1n) is 9.49. The van der Waals surface area contributed by atoms with E-state index in [-0.39, 0.29) is 44.0 Å². The molecule has 1 amide bonds. The fourth-order valence-electron chi connectivity index (χ4n) is 3.11. The lowest BCUT2D eigenvalue weighted by Gasteiger charge is -2.34. The van der Waals surface area contributed by atoms with Crippen molar-refractivity contribution in [3.63, 3.8) is 0 Å². The molecule has 32 heavy (non-hydrogen) atoms. The molecule has 3 rings (SSSR count). The number of sulfonamides is 2. The molecule has 2 aromatic carbocycles. The topological polar surface area (TPSA) is 104 Å². The van der Waals surface area contributed by atoms with Gasteiger partial charge in [0.1, 0.15) is 5.82 Å². The molecule has 0 aliphatic carbocycles. The smallest absolute Gasteiger partial charge is 0.243 e. The van der Waals surface area contributed by atoms with Crippen molar-refractivity contribution >= 4 is 26.0 Å². The minimum atomic E-state index is -4.13. The van der Waals surface area contributed by atoms with Crippen LogP contribution < -0.4 is 4.72 Å². The van der Waals surface area contributed by atoms with Gasteiger partial charge >= 0.3 is 0 Å². The highest BCUT2D eigenvalue weighted by Gasteiger charge is 2.30. The van der Waals surface area contributed by atoms with Crippen molar-refractivity contribution < 1.29 is 34.8 Å². The predicted molar refractivity (Wildman–Crippen MR) is 108 cm³/mol. The van der Waals surface area contributed by atoms with Crippen molar-refractivity contribution in [3.05, 3.63) is 59.9 Å². The van der Waals surface area contributed by atoms with Gasteiger partial charge in [0.15, 0.2) is 11.6 Å². The van der Waals surface area contributed by atoms with Crippen LogP contribution in [-0.2, 0) is 24.8 Å². The zero-order chi connectivity index (χ0) is 23.5. The maximum Gasteiger partial charge on any atom is 0.243 e. The second-order valence-corrected chi connectivity index (χ2v) is 10.7. The highest BCUT2D eigenvalue weighted by molar-refractivity contribution is 7.89. The van der Waals surface area contributed by atoms with E-state index in [0.29, 0.717) is 12.1 Å². The minimum absolute atomic E-state index is 0.0338. The molecule has 1 N–H and O–H groups in total. The van der Waals surface area contributed by atoms with Gasteiger partial charge < -0.3 is 4.90 Å². The van der Waals surface area contributed by atoms with Gasteiger partial charge in [0.2, 0.25) is 26.0 Å². The SMILES string of the molecule is O=C(CCNS(=O)(=O)c1ccc(F)c(F)c1)N1CCN(S(=O)(=O)c2ccc(F)cc2)CC1. The summed E-state index contributed by atoms with van der Waals surface area (Å²) in [5.41, 5.74) is 0. The highest BCUT2D eigenvalue weighted by atomic mass is 32.2. The van der Waals surface area contributed by atoms with Crippen LogP contribution in [0, 0.1) is 17.5 Å². The summed E-state index contributed by atoms with van der Waals surface area (Å²) in [5, 5.41) is 0. The third-order valence-corrected chi connectivity index (χ3v) is 8.25. The summed E-state index contributed by atoms with van der Waals surface area (Å²) in [4.78, 5) is 13.2. The van der Waals surface area contributed by atoms with Gasteiger partial charge in [-0.2, -0.15) is 4.31 Å². The second kappa shape index (κ2) is 9.57. The first kappa shape index (κ1) is 24.2. The number of hydrogen-bond donors (Lipinski definition) is 1. The predicted octanol–water partition coefficient (Wildman–Crippen LogP) is 1.31. The molecular weight excluding hydrogens is 471 g/mol. The van der Waals surface area contributed by atoms with E-state index in [0.717, 1.165) is 18.2 Å². The number of hydrogen-bond acceptors (Lipinski definition) is 5. The molecular formula is C19H20F3N3O5S2. The highest BCUT2D eigenvalue weighted by Crippen LogP contribution is 2.18. The number of amides is 1.